The Kier molecular flexibility index (Phi) is 2.62. The zero-order valence-electron chi connectivity index (χ0n) is 8.95. The number of aromatic nitrogens is 2. The molecule has 5 heteroatoms. The van der Waals surface area contributed by atoms with Gasteiger partial charge >= 0.3 is 0 Å². The molecule has 15 heavy (non-hydrogen) atoms. The van der Waals surface area contributed by atoms with Crippen molar-refractivity contribution in [2.24, 2.45) is 22.4 Å². The summed E-state index contributed by atoms with van der Waals surface area (Å²) in [6, 6.07) is 0. The van der Waals surface area contributed by atoms with Gasteiger partial charge in [-0.1, -0.05) is 13.3 Å². The highest BCUT2D eigenvalue weighted by Gasteiger charge is 2.20. The molecule has 1 aliphatic carbocycles. The smallest absolute Gasteiger partial charge is 0.230 e. The van der Waals surface area contributed by atoms with Crippen LogP contribution in [0.15, 0.2) is 4.99 Å². The van der Waals surface area contributed by atoms with Crippen molar-refractivity contribution in [1.29, 1.82) is 0 Å². The number of guanidine groups is 1. The van der Waals surface area contributed by atoms with E-state index in [0.29, 0.717) is 5.95 Å². The Labute approximate surface area is 89.0 Å². The van der Waals surface area contributed by atoms with Gasteiger partial charge in [0.1, 0.15) is 0 Å². The SMILES string of the molecule is CCC1CCc2nc(N=C(N)N)[nH]c2C1. The predicted octanol–water partition coefficient (Wildman–Crippen LogP) is 0.830. The van der Waals surface area contributed by atoms with Crippen LogP contribution in [0.3, 0.4) is 0 Å². The average Bonchev–Trinajstić information content (AvgIpc) is 2.57. The van der Waals surface area contributed by atoms with Crippen LogP contribution in [-0.2, 0) is 12.8 Å². The standard InChI is InChI=1S/C10H17N5/c1-2-6-3-4-7-8(5-6)14-10(13-7)15-9(11)12/h6H,2-5H2,1H3,(H5,11,12,13,14,15). The van der Waals surface area contributed by atoms with Crippen LogP contribution in [0.1, 0.15) is 31.2 Å². The highest BCUT2D eigenvalue weighted by atomic mass is 15.1. The molecule has 0 aliphatic heterocycles. The van der Waals surface area contributed by atoms with Gasteiger partial charge in [-0.05, 0) is 25.2 Å². The minimum Gasteiger partial charge on any atom is -0.370 e. The Balaban J connectivity index is 2.21. The molecule has 5 N–H and O–H groups in total. The first-order valence-electron chi connectivity index (χ1n) is 5.36. The minimum atomic E-state index is 0.0492. The van der Waals surface area contributed by atoms with Crippen molar-refractivity contribution in [1.82, 2.24) is 9.97 Å². The molecule has 0 aromatic carbocycles. The van der Waals surface area contributed by atoms with Gasteiger partial charge in [-0.2, -0.15) is 4.99 Å². The van der Waals surface area contributed by atoms with E-state index in [9.17, 15) is 0 Å². The van der Waals surface area contributed by atoms with Crippen LogP contribution in [0.2, 0.25) is 0 Å². The Morgan fingerprint density at radius 1 is 1.60 bits per heavy atom. The molecule has 1 aromatic heterocycles. The summed E-state index contributed by atoms with van der Waals surface area (Å²) >= 11 is 0. The van der Waals surface area contributed by atoms with E-state index in [-0.39, 0.29) is 5.96 Å². The van der Waals surface area contributed by atoms with Crippen LogP contribution in [0, 0.1) is 5.92 Å². The average molecular weight is 207 g/mol. The summed E-state index contributed by atoms with van der Waals surface area (Å²) in [5.74, 6) is 1.36. The molecule has 1 aromatic rings. The summed E-state index contributed by atoms with van der Waals surface area (Å²) in [5.41, 5.74) is 12.9. The van der Waals surface area contributed by atoms with Gasteiger partial charge in [0, 0.05) is 5.69 Å². The fraction of sp³-hybridized carbons (Fsp3) is 0.600. The van der Waals surface area contributed by atoms with Gasteiger partial charge in [0.25, 0.3) is 0 Å². The number of H-pyrrole nitrogens is 1. The number of nitrogens with two attached hydrogens (primary N) is 2. The van der Waals surface area contributed by atoms with E-state index >= 15 is 0 Å². The summed E-state index contributed by atoms with van der Waals surface area (Å²) < 4.78 is 0. The maximum absolute atomic E-state index is 5.30. The normalized spacial score (nSPS) is 19.7. The third-order valence-electron chi connectivity index (χ3n) is 2.95. The van der Waals surface area contributed by atoms with Crippen molar-refractivity contribution in [2.45, 2.75) is 32.6 Å². The van der Waals surface area contributed by atoms with E-state index in [4.69, 9.17) is 11.5 Å². The van der Waals surface area contributed by atoms with E-state index in [1.165, 1.54) is 18.5 Å². The van der Waals surface area contributed by atoms with Crippen molar-refractivity contribution in [3.8, 4) is 0 Å². The van der Waals surface area contributed by atoms with Crippen LogP contribution in [0.5, 0.6) is 0 Å². The lowest BCUT2D eigenvalue weighted by Gasteiger charge is -2.18. The maximum Gasteiger partial charge on any atom is 0.230 e. The van der Waals surface area contributed by atoms with Crippen molar-refractivity contribution < 1.29 is 0 Å². The third-order valence-corrected chi connectivity index (χ3v) is 2.95. The Morgan fingerprint density at radius 3 is 3.07 bits per heavy atom. The first kappa shape index (κ1) is 10.0. The third kappa shape index (κ3) is 2.11. The van der Waals surface area contributed by atoms with Gasteiger partial charge in [-0.25, -0.2) is 4.98 Å². The molecule has 1 heterocycles. The molecule has 1 aliphatic rings. The van der Waals surface area contributed by atoms with Crippen LogP contribution in [0.25, 0.3) is 0 Å². The molecule has 0 bridgehead atoms. The van der Waals surface area contributed by atoms with E-state index in [0.717, 1.165) is 24.5 Å². The molecule has 2 rings (SSSR count). The summed E-state index contributed by atoms with van der Waals surface area (Å²) in [5, 5.41) is 0. The molecule has 0 spiro atoms. The topological polar surface area (TPSA) is 93.1 Å². The molecule has 0 amide bonds. The zero-order chi connectivity index (χ0) is 10.8. The summed E-state index contributed by atoms with van der Waals surface area (Å²) in [4.78, 5) is 11.4. The number of nitrogens with one attached hydrogen (secondary N) is 1. The number of hydrogen-bond acceptors (Lipinski definition) is 2. The molecule has 5 nitrogen and oxygen atoms in total. The van der Waals surface area contributed by atoms with Crippen LogP contribution >= 0.6 is 0 Å². The molecule has 0 radical (unpaired) electrons. The van der Waals surface area contributed by atoms with Crippen LogP contribution < -0.4 is 11.5 Å². The Bertz CT molecular complexity index is 375. The number of fused-ring (bicyclic) bond motifs is 1. The van der Waals surface area contributed by atoms with Gasteiger partial charge in [-0.15, -0.1) is 0 Å². The van der Waals surface area contributed by atoms with Gasteiger partial charge in [0.05, 0.1) is 5.69 Å². The van der Waals surface area contributed by atoms with Gasteiger partial charge in [0.2, 0.25) is 5.95 Å². The number of aliphatic imine (C=N–C) groups is 1. The molecule has 0 saturated heterocycles. The van der Waals surface area contributed by atoms with Crippen LogP contribution in [0.4, 0.5) is 5.95 Å². The van der Waals surface area contributed by atoms with Crippen molar-refractivity contribution in [3.05, 3.63) is 11.4 Å². The lowest BCUT2D eigenvalue weighted by atomic mass is 9.88. The fourth-order valence-corrected chi connectivity index (χ4v) is 2.06. The lowest BCUT2D eigenvalue weighted by Crippen LogP contribution is -2.22. The number of imidazole rings is 1. The van der Waals surface area contributed by atoms with E-state index < -0.39 is 0 Å². The first-order chi connectivity index (χ1) is 7.19. The van der Waals surface area contributed by atoms with Crippen molar-refractivity contribution in [3.63, 3.8) is 0 Å². The number of nitrogens with zero attached hydrogens (tertiary/aromatic N) is 2. The lowest BCUT2D eigenvalue weighted by molar-refractivity contribution is 0.438. The highest BCUT2D eigenvalue weighted by Crippen LogP contribution is 2.27. The summed E-state index contributed by atoms with van der Waals surface area (Å²) in [6.45, 7) is 2.23. The molecule has 1 unspecified atom stereocenters. The van der Waals surface area contributed by atoms with Gasteiger partial charge < -0.3 is 16.5 Å². The van der Waals surface area contributed by atoms with Gasteiger partial charge in [-0.3, -0.25) is 0 Å². The second-order valence-corrected chi connectivity index (χ2v) is 4.04. The molecule has 82 valence electrons. The predicted molar refractivity (Wildman–Crippen MR) is 59.9 cm³/mol. The Morgan fingerprint density at radius 2 is 2.40 bits per heavy atom. The van der Waals surface area contributed by atoms with Crippen molar-refractivity contribution >= 4 is 11.9 Å². The molecule has 0 saturated carbocycles. The van der Waals surface area contributed by atoms with Crippen LogP contribution in [-0.4, -0.2) is 15.9 Å². The van der Waals surface area contributed by atoms with Gasteiger partial charge in [0.15, 0.2) is 5.96 Å². The van der Waals surface area contributed by atoms with E-state index in [1.807, 2.05) is 0 Å². The highest BCUT2D eigenvalue weighted by molar-refractivity contribution is 5.77. The first-order valence-corrected chi connectivity index (χ1v) is 5.36. The Hall–Kier alpha value is -1.52. The van der Waals surface area contributed by atoms with E-state index in [2.05, 4.69) is 21.9 Å². The second-order valence-electron chi connectivity index (χ2n) is 4.04. The quantitative estimate of drug-likeness (QED) is 0.495. The number of rotatable bonds is 2. The largest absolute Gasteiger partial charge is 0.370 e. The van der Waals surface area contributed by atoms with Crippen molar-refractivity contribution in [2.75, 3.05) is 0 Å². The molecular weight excluding hydrogens is 190 g/mol. The number of aryl methyl sites for hydroxylation is 1. The fourth-order valence-electron chi connectivity index (χ4n) is 2.06. The maximum atomic E-state index is 5.30. The molecular formula is C10H17N5. The molecule has 1 atom stereocenters. The van der Waals surface area contributed by atoms with E-state index in [1.54, 1.807) is 0 Å². The summed E-state index contributed by atoms with van der Waals surface area (Å²) in [6.07, 6.45) is 4.54. The monoisotopic (exact) mass is 207 g/mol. The molecule has 0 fully saturated rings. The second kappa shape index (κ2) is 3.92. The summed E-state index contributed by atoms with van der Waals surface area (Å²) in [7, 11) is 0. The number of hydrogen-bond donors (Lipinski definition) is 3. The number of aromatic amines is 1. The zero-order valence-corrected chi connectivity index (χ0v) is 8.95. The minimum absolute atomic E-state index is 0.0492.